The molecular formula is C13H14N2O3. The van der Waals surface area contributed by atoms with E-state index < -0.39 is 12.1 Å². The largest absolute Gasteiger partial charge is 0.481 e. The molecule has 0 bridgehead atoms. The number of aliphatic carboxylic acids is 1. The number of aromatic nitrogens is 2. The highest BCUT2D eigenvalue weighted by Crippen LogP contribution is 2.17. The normalized spacial score (nSPS) is 12.3. The second-order valence-corrected chi connectivity index (χ2v) is 4.07. The molecule has 1 aromatic carbocycles. The molecule has 0 spiro atoms. The number of carboxylic acid groups (broad SMARTS) is 1. The summed E-state index contributed by atoms with van der Waals surface area (Å²) < 4.78 is 1.55. The second-order valence-electron chi connectivity index (χ2n) is 4.07. The molecule has 0 aliphatic rings. The molecule has 1 unspecified atom stereocenters. The minimum absolute atomic E-state index is 0.180. The zero-order chi connectivity index (χ0) is 13.0. The van der Waals surface area contributed by atoms with E-state index in [1.807, 2.05) is 30.3 Å². The Kier molecular flexibility index (Phi) is 3.74. The summed E-state index contributed by atoms with van der Waals surface area (Å²) in [6, 6.07) is 9.74. The van der Waals surface area contributed by atoms with Crippen molar-refractivity contribution < 1.29 is 15.0 Å². The molecule has 1 atom stereocenters. The van der Waals surface area contributed by atoms with Crippen LogP contribution in [0.1, 0.15) is 6.42 Å². The third kappa shape index (κ3) is 3.18. The predicted octanol–water partition coefficient (Wildman–Crippen LogP) is 1.39. The Hall–Kier alpha value is -2.14. The molecule has 0 fully saturated rings. The van der Waals surface area contributed by atoms with E-state index in [1.54, 1.807) is 17.1 Å². The Morgan fingerprint density at radius 3 is 2.67 bits per heavy atom. The summed E-state index contributed by atoms with van der Waals surface area (Å²) in [7, 11) is 0. The number of aliphatic hydroxyl groups excluding tert-OH is 1. The number of hydrogen-bond donors (Lipinski definition) is 2. The van der Waals surface area contributed by atoms with Crippen LogP contribution >= 0.6 is 0 Å². The minimum atomic E-state index is -1.02. The molecule has 0 saturated heterocycles. The standard InChI is InChI=1S/C13H14N2O3/c16-12(6-13(17)18)9-15-8-11(7-14-15)10-4-2-1-3-5-10/h1-5,7-8,12,16H,6,9H2,(H,17,18). The highest BCUT2D eigenvalue weighted by atomic mass is 16.4. The molecule has 0 radical (unpaired) electrons. The SMILES string of the molecule is O=C(O)CC(O)Cn1cc(-c2ccccc2)cn1. The predicted molar refractivity (Wildman–Crippen MR) is 65.9 cm³/mol. The van der Waals surface area contributed by atoms with Gasteiger partial charge in [0.25, 0.3) is 0 Å². The van der Waals surface area contributed by atoms with Gasteiger partial charge in [-0.05, 0) is 5.56 Å². The van der Waals surface area contributed by atoms with Gasteiger partial charge in [0, 0.05) is 11.8 Å². The van der Waals surface area contributed by atoms with Crippen LogP contribution in [-0.2, 0) is 11.3 Å². The van der Waals surface area contributed by atoms with E-state index in [2.05, 4.69) is 5.10 Å². The van der Waals surface area contributed by atoms with Gasteiger partial charge < -0.3 is 10.2 Å². The van der Waals surface area contributed by atoms with Crippen molar-refractivity contribution in [2.45, 2.75) is 19.1 Å². The van der Waals surface area contributed by atoms with E-state index in [4.69, 9.17) is 5.11 Å². The van der Waals surface area contributed by atoms with Gasteiger partial charge >= 0.3 is 5.97 Å². The smallest absolute Gasteiger partial charge is 0.306 e. The Balaban J connectivity index is 2.05. The molecule has 94 valence electrons. The summed E-state index contributed by atoms with van der Waals surface area (Å²) in [6.45, 7) is 0.180. The van der Waals surface area contributed by atoms with Crippen LogP contribution in [0.5, 0.6) is 0 Å². The first kappa shape index (κ1) is 12.3. The van der Waals surface area contributed by atoms with Gasteiger partial charge in [0.15, 0.2) is 0 Å². The van der Waals surface area contributed by atoms with Crippen molar-refractivity contribution in [3.8, 4) is 11.1 Å². The number of nitrogens with zero attached hydrogens (tertiary/aromatic N) is 2. The summed E-state index contributed by atoms with van der Waals surface area (Å²) in [5.41, 5.74) is 1.98. The van der Waals surface area contributed by atoms with Crippen LogP contribution in [0.25, 0.3) is 11.1 Å². The Labute approximate surface area is 104 Å². The highest BCUT2D eigenvalue weighted by molar-refractivity contribution is 5.67. The quantitative estimate of drug-likeness (QED) is 0.835. The third-order valence-corrected chi connectivity index (χ3v) is 2.55. The molecule has 5 nitrogen and oxygen atoms in total. The van der Waals surface area contributed by atoms with Crippen molar-refractivity contribution >= 4 is 5.97 Å². The first-order valence-corrected chi connectivity index (χ1v) is 5.63. The van der Waals surface area contributed by atoms with Gasteiger partial charge in [-0.25, -0.2) is 0 Å². The van der Waals surface area contributed by atoms with Crippen LogP contribution in [0.2, 0.25) is 0 Å². The average molecular weight is 246 g/mol. The van der Waals surface area contributed by atoms with Crippen molar-refractivity contribution in [1.82, 2.24) is 9.78 Å². The van der Waals surface area contributed by atoms with E-state index in [0.717, 1.165) is 11.1 Å². The van der Waals surface area contributed by atoms with Gasteiger partial charge in [-0.2, -0.15) is 5.10 Å². The van der Waals surface area contributed by atoms with E-state index in [9.17, 15) is 9.90 Å². The molecule has 2 N–H and O–H groups in total. The maximum atomic E-state index is 10.4. The van der Waals surface area contributed by atoms with Gasteiger partial charge in [-0.1, -0.05) is 30.3 Å². The first-order valence-electron chi connectivity index (χ1n) is 5.63. The van der Waals surface area contributed by atoms with Gasteiger partial charge in [-0.15, -0.1) is 0 Å². The monoisotopic (exact) mass is 246 g/mol. The van der Waals surface area contributed by atoms with Crippen molar-refractivity contribution in [2.24, 2.45) is 0 Å². The summed E-state index contributed by atoms with van der Waals surface area (Å²) in [4.78, 5) is 10.4. The van der Waals surface area contributed by atoms with E-state index in [1.165, 1.54) is 0 Å². The van der Waals surface area contributed by atoms with Gasteiger partial charge in [0.2, 0.25) is 0 Å². The lowest BCUT2D eigenvalue weighted by molar-refractivity contribution is -0.139. The van der Waals surface area contributed by atoms with Crippen molar-refractivity contribution in [3.63, 3.8) is 0 Å². The lowest BCUT2D eigenvalue weighted by Crippen LogP contribution is -2.19. The lowest BCUT2D eigenvalue weighted by atomic mass is 10.1. The summed E-state index contributed by atoms with van der Waals surface area (Å²) in [5, 5.41) is 22.2. The molecule has 5 heteroatoms. The first-order chi connectivity index (χ1) is 8.65. The van der Waals surface area contributed by atoms with Gasteiger partial charge in [-0.3, -0.25) is 9.48 Å². The average Bonchev–Trinajstić information content (AvgIpc) is 2.77. The van der Waals surface area contributed by atoms with Crippen molar-refractivity contribution in [1.29, 1.82) is 0 Å². The summed E-state index contributed by atoms with van der Waals surface area (Å²) in [6.07, 6.45) is 2.29. The van der Waals surface area contributed by atoms with Crippen LogP contribution < -0.4 is 0 Å². The molecule has 0 amide bonds. The molecule has 0 aliphatic heterocycles. The molecule has 0 saturated carbocycles. The fourth-order valence-corrected chi connectivity index (χ4v) is 1.73. The number of rotatable bonds is 5. The van der Waals surface area contributed by atoms with Crippen LogP contribution in [0, 0.1) is 0 Å². The number of aliphatic hydroxyl groups is 1. The maximum absolute atomic E-state index is 10.4. The number of carboxylic acids is 1. The maximum Gasteiger partial charge on any atom is 0.306 e. The highest BCUT2D eigenvalue weighted by Gasteiger charge is 2.11. The number of benzene rings is 1. The molecular weight excluding hydrogens is 232 g/mol. The molecule has 1 heterocycles. The van der Waals surface area contributed by atoms with E-state index >= 15 is 0 Å². The van der Waals surface area contributed by atoms with Crippen LogP contribution in [0.3, 0.4) is 0 Å². The molecule has 18 heavy (non-hydrogen) atoms. The second kappa shape index (κ2) is 5.46. The molecule has 1 aromatic heterocycles. The van der Waals surface area contributed by atoms with Crippen molar-refractivity contribution in [2.75, 3.05) is 0 Å². The fourth-order valence-electron chi connectivity index (χ4n) is 1.73. The van der Waals surface area contributed by atoms with Gasteiger partial charge in [0.05, 0.1) is 25.3 Å². The fraction of sp³-hybridized carbons (Fsp3) is 0.231. The van der Waals surface area contributed by atoms with Crippen LogP contribution in [0.4, 0.5) is 0 Å². The molecule has 2 rings (SSSR count). The van der Waals surface area contributed by atoms with Gasteiger partial charge in [0.1, 0.15) is 0 Å². The minimum Gasteiger partial charge on any atom is -0.481 e. The Bertz CT molecular complexity index is 522. The Morgan fingerprint density at radius 1 is 1.28 bits per heavy atom. The van der Waals surface area contributed by atoms with E-state index in [0.29, 0.717) is 0 Å². The van der Waals surface area contributed by atoms with Crippen LogP contribution in [0.15, 0.2) is 42.7 Å². The zero-order valence-corrected chi connectivity index (χ0v) is 9.73. The zero-order valence-electron chi connectivity index (χ0n) is 9.73. The summed E-state index contributed by atoms with van der Waals surface area (Å²) >= 11 is 0. The Morgan fingerprint density at radius 2 is 2.00 bits per heavy atom. The van der Waals surface area contributed by atoms with E-state index in [-0.39, 0.29) is 13.0 Å². The summed E-state index contributed by atoms with van der Waals surface area (Å²) in [5.74, 6) is -1.02. The number of carbonyl (C=O) groups is 1. The molecule has 2 aromatic rings. The lowest BCUT2D eigenvalue weighted by Gasteiger charge is -2.07. The third-order valence-electron chi connectivity index (χ3n) is 2.55. The van der Waals surface area contributed by atoms with Crippen LogP contribution in [-0.4, -0.2) is 32.1 Å². The van der Waals surface area contributed by atoms with Crippen molar-refractivity contribution in [3.05, 3.63) is 42.7 Å². The molecule has 0 aliphatic carbocycles. The number of hydrogen-bond acceptors (Lipinski definition) is 3. The topological polar surface area (TPSA) is 75.3 Å².